The van der Waals surface area contributed by atoms with Crippen LogP contribution in [-0.4, -0.2) is 48.5 Å². The molecule has 1 atom stereocenters. The van der Waals surface area contributed by atoms with E-state index in [-0.39, 0.29) is 0 Å². The maximum atomic E-state index is 11.6. The summed E-state index contributed by atoms with van der Waals surface area (Å²) in [6.07, 6.45) is 1.03. The van der Waals surface area contributed by atoms with Crippen molar-refractivity contribution in [2.24, 2.45) is 5.10 Å². The summed E-state index contributed by atoms with van der Waals surface area (Å²) in [6, 6.07) is 8.82. The normalized spacial score (nSPS) is 18.9. The van der Waals surface area contributed by atoms with E-state index in [1.54, 1.807) is 24.3 Å². The number of nitrogens with one attached hydrogen (secondary N) is 1. The highest BCUT2D eigenvalue weighted by atomic mass is 32.2. The molecule has 1 heterocycles. The zero-order valence-electron chi connectivity index (χ0n) is 10.1. The Morgan fingerprint density at radius 2 is 2.05 bits per heavy atom. The summed E-state index contributed by atoms with van der Waals surface area (Å²) >= 11 is 0. The highest BCUT2D eigenvalue weighted by Gasteiger charge is 2.36. The summed E-state index contributed by atoms with van der Waals surface area (Å²) in [5.41, 5.74) is 1.96. The molecule has 19 heavy (non-hydrogen) atoms. The van der Waals surface area contributed by atoms with Crippen LogP contribution in [0.15, 0.2) is 35.4 Å². The molecule has 2 rings (SSSR count). The summed E-state index contributed by atoms with van der Waals surface area (Å²) in [7, 11) is -3.50. The highest BCUT2D eigenvalue weighted by Crippen LogP contribution is 2.16. The Hall–Kier alpha value is -2.09. The van der Waals surface area contributed by atoms with Crippen LogP contribution >= 0.6 is 0 Å². The van der Waals surface area contributed by atoms with Crippen molar-refractivity contribution in [1.29, 1.82) is 0 Å². The van der Waals surface area contributed by atoms with Gasteiger partial charge in [-0.05, 0) is 0 Å². The summed E-state index contributed by atoms with van der Waals surface area (Å²) < 4.78 is 23.3. The monoisotopic (exact) mass is 283 g/mol. The fourth-order valence-electron chi connectivity index (χ4n) is 1.81. The van der Waals surface area contributed by atoms with Crippen molar-refractivity contribution >= 4 is 21.6 Å². The van der Waals surface area contributed by atoms with E-state index < -0.39 is 27.8 Å². The van der Waals surface area contributed by atoms with E-state index in [1.807, 2.05) is 6.07 Å². The van der Waals surface area contributed by atoms with E-state index >= 15 is 0 Å². The van der Waals surface area contributed by atoms with Crippen LogP contribution in [0.5, 0.6) is 0 Å². The minimum atomic E-state index is -3.50. The molecule has 0 saturated heterocycles. The number of sulfone groups is 1. The number of nitrogens with zero attached hydrogens (tertiary/aromatic N) is 2. The number of amidine groups is 1. The average Bonchev–Trinajstić information content (AvgIpc) is 2.72. The third kappa shape index (κ3) is 2.84. The van der Waals surface area contributed by atoms with Gasteiger partial charge in [-0.1, -0.05) is 30.3 Å². The number of hydrogen-bond acceptors (Lipinski definition) is 6. The molecule has 0 aliphatic carbocycles. The molecular formula is C11H13N3O4S. The maximum Gasteiger partial charge on any atom is 0.323 e. The summed E-state index contributed by atoms with van der Waals surface area (Å²) in [6.45, 7) is -0.446. The number of carboxylic acids is 1. The number of hydrogen-bond donors (Lipinski definition) is 2. The standard InChI is InChI=1S/C11H13N3O4S/c1-19(17,18)11-13-12-10(14(11)7-9(15)16)8-5-3-2-4-6-8/h2-6,11,13H,7H2,1H3,(H,15,16). The van der Waals surface area contributed by atoms with Gasteiger partial charge in [0.15, 0.2) is 15.7 Å². The van der Waals surface area contributed by atoms with Crippen molar-refractivity contribution in [3.8, 4) is 0 Å². The molecule has 0 fully saturated rings. The van der Waals surface area contributed by atoms with Gasteiger partial charge >= 0.3 is 5.97 Å². The molecule has 0 saturated carbocycles. The SMILES string of the molecule is CS(=O)(=O)C1NN=C(c2ccccc2)N1CC(=O)O. The van der Waals surface area contributed by atoms with Crippen LogP contribution in [0, 0.1) is 0 Å². The van der Waals surface area contributed by atoms with Gasteiger partial charge in [0, 0.05) is 11.8 Å². The Morgan fingerprint density at radius 1 is 1.42 bits per heavy atom. The number of rotatable bonds is 4. The smallest absolute Gasteiger partial charge is 0.323 e. The van der Waals surface area contributed by atoms with Gasteiger partial charge in [-0.3, -0.25) is 10.2 Å². The van der Waals surface area contributed by atoms with Crippen LogP contribution in [0.4, 0.5) is 0 Å². The van der Waals surface area contributed by atoms with Gasteiger partial charge in [-0.2, -0.15) is 5.10 Å². The lowest BCUT2D eigenvalue weighted by molar-refractivity contribution is -0.137. The van der Waals surface area contributed by atoms with E-state index in [2.05, 4.69) is 10.5 Å². The zero-order chi connectivity index (χ0) is 14.0. The van der Waals surface area contributed by atoms with Crippen LogP contribution in [0.3, 0.4) is 0 Å². The van der Waals surface area contributed by atoms with Crippen molar-refractivity contribution in [2.75, 3.05) is 12.8 Å². The van der Waals surface area contributed by atoms with Crippen LogP contribution in [0.1, 0.15) is 5.56 Å². The lowest BCUT2D eigenvalue weighted by Crippen LogP contribution is -2.47. The number of aliphatic carboxylic acids is 1. The Labute approximate surface area is 110 Å². The van der Waals surface area contributed by atoms with Gasteiger partial charge < -0.3 is 10.0 Å². The maximum absolute atomic E-state index is 11.6. The molecule has 102 valence electrons. The average molecular weight is 283 g/mol. The van der Waals surface area contributed by atoms with Gasteiger partial charge in [0.1, 0.15) is 6.54 Å². The molecule has 0 radical (unpaired) electrons. The molecule has 1 aliphatic rings. The molecule has 1 unspecified atom stereocenters. The largest absolute Gasteiger partial charge is 0.480 e. The van der Waals surface area contributed by atoms with E-state index in [1.165, 1.54) is 4.90 Å². The van der Waals surface area contributed by atoms with Crippen LogP contribution in [0.25, 0.3) is 0 Å². The second kappa shape index (κ2) is 4.88. The van der Waals surface area contributed by atoms with E-state index in [9.17, 15) is 13.2 Å². The summed E-state index contributed by atoms with van der Waals surface area (Å²) in [5.74, 6) is -0.820. The van der Waals surface area contributed by atoms with Crippen LogP contribution in [0.2, 0.25) is 0 Å². The number of benzene rings is 1. The molecule has 2 N–H and O–H groups in total. The van der Waals surface area contributed by atoms with Crippen molar-refractivity contribution in [3.05, 3.63) is 35.9 Å². The second-order valence-corrected chi connectivity index (χ2v) is 6.24. The first-order chi connectivity index (χ1) is 8.89. The van der Waals surface area contributed by atoms with Crippen molar-refractivity contribution in [3.63, 3.8) is 0 Å². The molecule has 7 nitrogen and oxygen atoms in total. The number of carboxylic acid groups (broad SMARTS) is 1. The van der Waals surface area contributed by atoms with Crippen LogP contribution in [-0.2, 0) is 14.6 Å². The molecule has 1 aromatic rings. The minimum absolute atomic E-state index is 0.304. The Morgan fingerprint density at radius 3 is 2.58 bits per heavy atom. The van der Waals surface area contributed by atoms with Crippen LogP contribution < -0.4 is 5.43 Å². The fraction of sp³-hybridized carbons (Fsp3) is 0.273. The van der Waals surface area contributed by atoms with Gasteiger partial charge in [-0.25, -0.2) is 8.42 Å². The molecule has 0 bridgehead atoms. The summed E-state index contributed by atoms with van der Waals surface area (Å²) in [4.78, 5) is 12.1. The molecule has 1 aliphatic heterocycles. The number of carbonyl (C=O) groups is 1. The van der Waals surface area contributed by atoms with Gasteiger partial charge in [-0.15, -0.1) is 0 Å². The fourth-order valence-corrected chi connectivity index (χ4v) is 2.69. The van der Waals surface area contributed by atoms with Gasteiger partial charge in [0.25, 0.3) is 0 Å². The molecule has 8 heteroatoms. The Bertz CT molecular complexity index is 612. The predicted octanol–water partition coefficient (Wildman–Crippen LogP) is -0.334. The third-order valence-electron chi connectivity index (χ3n) is 2.58. The van der Waals surface area contributed by atoms with E-state index in [0.29, 0.717) is 11.4 Å². The van der Waals surface area contributed by atoms with Crippen molar-refractivity contribution in [2.45, 2.75) is 5.50 Å². The second-order valence-electron chi connectivity index (χ2n) is 4.13. The molecular weight excluding hydrogens is 270 g/mol. The van der Waals surface area contributed by atoms with Gasteiger partial charge in [0.2, 0.25) is 5.50 Å². The minimum Gasteiger partial charge on any atom is -0.480 e. The number of hydrazone groups is 1. The first kappa shape index (κ1) is 13.3. The molecule has 0 amide bonds. The molecule has 0 aromatic heterocycles. The zero-order valence-corrected chi connectivity index (χ0v) is 11.0. The molecule has 0 spiro atoms. The topological polar surface area (TPSA) is 99.1 Å². The highest BCUT2D eigenvalue weighted by molar-refractivity contribution is 7.91. The molecule has 1 aromatic carbocycles. The first-order valence-electron chi connectivity index (χ1n) is 5.45. The lowest BCUT2D eigenvalue weighted by Gasteiger charge is -2.23. The first-order valence-corrected chi connectivity index (χ1v) is 7.41. The van der Waals surface area contributed by atoms with Gasteiger partial charge in [0.05, 0.1) is 0 Å². The van der Waals surface area contributed by atoms with E-state index in [0.717, 1.165) is 6.26 Å². The van der Waals surface area contributed by atoms with Crippen molar-refractivity contribution in [1.82, 2.24) is 10.3 Å². The van der Waals surface area contributed by atoms with E-state index in [4.69, 9.17) is 5.11 Å². The third-order valence-corrected chi connectivity index (χ3v) is 3.75. The predicted molar refractivity (Wildman–Crippen MR) is 69.1 cm³/mol. The Kier molecular flexibility index (Phi) is 3.43. The Balaban J connectivity index is 2.37. The quantitative estimate of drug-likeness (QED) is 0.784. The lowest BCUT2D eigenvalue weighted by atomic mass is 10.2. The van der Waals surface area contributed by atoms with Crippen molar-refractivity contribution < 1.29 is 18.3 Å². The summed E-state index contributed by atoms with van der Waals surface area (Å²) in [5, 5.41) is 12.8.